The molecule has 0 aromatic carbocycles. The zero-order valence-electron chi connectivity index (χ0n) is 6.66. The number of nitrogens with two attached hydrogens (primary N) is 1. The van der Waals surface area contributed by atoms with Crippen LogP contribution >= 0.6 is 0 Å². The number of carbonyl (C=O) groups is 1. The van der Waals surface area contributed by atoms with Crippen LogP contribution in [0.3, 0.4) is 0 Å². The third-order valence-corrected chi connectivity index (χ3v) is 2.25. The standard InChI is InChI=1S/C7H14N2O2/c1-5-4-9(8)3-2-6(5)7(10)11/h5-6H,2-4,8H2,1H3,(H,10,11). The molecule has 0 radical (unpaired) electrons. The van der Waals surface area contributed by atoms with Gasteiger partial charge >= 0.3 is 5.97 Å². The van der Waals surface area contributed by atoms with Crippen LogP contribution in [0.5, 0.6) is 0 Å². The Morgan fingerprint density at radius 2 is 2.36 bits per heavy atom. The largest absolute Gasteiger partial charge is 0.481 e. The first-order valence-corrected chi connectivity index (χ1v) is 3.83. The van der Waals surface area contributed by atoms with Crippen LogP contribution in [-0.4, -0.2) is 29.2 Å². The Kier molecular flexibility index (Phi) is 2.46. The molecule has 0 saturated carbocycles. The van der Waals surface area contributed by atoms with E-state index in [1.807, 2.05) is 6.92 Å². The lowest BCUT2D eigenvalue weighted by molar-refractivity contribution is -0.145. The minimum Gasteiger partial charge on any atom is -0.481 e. The van der Waals surface area contributed by atoms with Gasteiger partial charge in [0, 0.05) is 13.1 Å². The first-order valence-electron chi connectivity index (χ1n) is 3.83. The number of aliphatic carboxylic acids is 1. The highest BCUT2D eigenvalue weighted by Crippen LogP contribution is 2.21. The Bertz CT molecular complexity index is 161. The Hall–Kier alpha value is -0.610. The van der Waals surface area contributed by atoms with Crippen molar-refractivity contribution in [3.05, 3.63) is 0 Å². The van der Waals surface area contributed by atoms with Gasteiger partial charge in [0.2, 0.25) is 0 Å². The van der Waals surface area contributed by atoms with E-state index in [1.165, 1.54) is 0 Å². The molecule has 2 unspecified atom stereocenters. The summed E-state index contributed by atoms with van der Waals surface area (Å²) in [7, 11) is 0. The smallest absolute Gasteiger partial charge is 0.306 e. The van der Waals surface area contributed by atoms with Gasteiger partial charge in [0.1, 0.15) is 0 Å². The van der Waals surface area contributed by atoms with Gasteiger partial charge in [0.25, 0.3) is 0 Å². The third kappa shape index (κ3) is 1.91. The summed E-state index contributed by atoms with van der Waals surface area (Å²) >= 11 is 0. The Morgan fingerprint density at radius 3 is 2.82 bits per heavy atom. The van der Waals surface area contributed by atoms with Gasteiger partial charge in [0.05, 0.1) is 5.92 Å². The molecule has 0 aromatic heterocycles. The van der Waals surface area contributed by atoms with Crippen LogP contribution < -0.4 is 5.84 Å². The molecule has 4 nitrogen and oxygen atoms in total. The molecule has 0 bridgehead atoms. The van der Waals surface area contributed by atoms with E-state index in [1.54, 1.807) is 5.01 Å². The number of carboxylic acid groups (broad SMARTS) is 1. The van der Waals surface area contributed by atoms with Gasteiger partial charge in [-0.25, -0.2) is 5.01 Å². The fourth-order valence-electron chi connectivity index (χ4n) is 1.54. The van der Waals surface area contributed by atoms with Crippen molar-refractivity contribution >= 4 is 5.97 Å². The SMILES string of the molecule is CC1CN(N)CCC1C(=O)O. The normalized spacial score (nSPS) is 33.6. The van der Waals surface area contributed by atoms with Crippen LogP contribution in [0, 0.1) is 11.8 Å². The van der Waals surface area contributed by atoms with Crippen molar-refractivity contribution in [1.82, 2.24) is 5.01 Å². The number of hydrogen-bond acceptors (Lipinski definition) is 3. The lowest BCUT2D eigenvalue weighted by Gasteiger charge is -2.31. The van der Waals surface area contributed by atoms with Crippen molar-refractivity contribution in [2.24, 2.45) is 17.7 Å². The molecule has 0 aromatic rings. The molecule has 1 fully saturated rings. The van der Waals surface area contributed by atoms with Gasteiger partial charge in [-0.05, 0) is 12.3 Å². The van der Waals surface area contributed by atoms with Crippen molar-refractivity contribution in [2.45, 2.75) is 13.3 Å². The maximum absolute atomic E-state index is 10.6. The molecule has 64 valence electrons. The number of hydrazine groups is 1. The highest BCUT2D eigenvalue weighted by molar-refractivity contribution is 5.70. The van der Waals surface area contributed by atoms with E-state index in [0.29, 0.717) is 19.5 Å². The second-order valence-electron chi connectivity index (χ2n) is 3.21. The molecule has 1 heterocycles. The number of piperidine rings is 1. The Labute approximate surface area is 65.9 Å². The summed E-state index contributed by atoms with van der Waals surface area (Å²) in [4.78, 5) is 10.6. The minimum absolute atomic E-state index is 0.172. The molecule has 0 amide bonds. The molecule has 3 N–H and O–H groups in total. The predicted octanol–water partition coefficient (Wildman–Crippen LogP) is -0.0973. The molecular formula is C7H14N2O2. The van der Waals surface area contributed by atoms with Crippen LogP contribution in [0.2, 0.25) is 0 Å². The van der Waals surface area contributed by atoms with E-state index in [-0.39, 0.29) is 11.8 Å². The molecule has 1 aliphatic heterocycles. The third-order valence-electron chi connectivity index (χ3n) is 2.25. The maximum Gasteiger partial charge on any atom is 0.306 e. The molecule has 0 aliphatic carbocycles. The summed E-state index contributed by atoms with van der Waals surface area (Å²) in [6.45, 7) is 3.32. The van der Waals surface area contributed by atoms with Gasteiger partial charge in [-0.1, -0.05) is 6.92 Å². The van der Waals surface area contributed by atoms with Crippen molar-refractivity contribution in [3.63, 3.8) is 0 Å². The molecule has 4 heteroatoms. The molecule has 11 heavy (non-hydrogen) atoms. The average Bonchev–Trinajstić information content (AvgIpc) is 1.85. The zero-order chi connectivity index (χ0) is 8.43. The molecular weight excluding hydrogens is 144 g/mol. The number of carboxylic acids is 1. The molecule has 1 rings (SSSR count). The van der Waals surface area contributed by atoms with E-state index in [0.717, 1.165) is 0 Å². The lowest BCUT2D eigenvalue weighted by Crippen LogP contribution is -2.45. The fraction of sp³-hybridized carbons (Fsp3) is 0.857. The van der Waals surface area contributed by atoms with Crippen molar-refractivity contribution in [3.8, 4) is 0 Å². The van der Waals surface area contributed by atoms with Gasteiger partial charge in [-0.2, -0.15) is 0 Å². The molecule has 2 atom stereocenters. The van der Waals surface area contributed by atoms with Crippen LogP contribution in [0.1, 0.15) is 13.3 Å². The van der Waals surface area contributed by atoms with Crippen LogP contribution in [0.4, 0.5) is 0 Å². The van der Waals surface area contributed by atoms with Crippen LogP contribution in [0.15, 0.2) is 0 Å². The van der Waals surface area contributed by atoms with Gasteiger partial charge in [-0.15, -0.1) is 0 Å². The Morgan fingerprint density at radius 1 is 1.73 bits per heavy atom. The number of nitrogens with zero attached hydrogens (tertiary/aromatic N) is 1. The van der Waals surface area contributed by atoms with E-state index in [4.69, 9.17) is 10.9 Å². The summed E-state index contributed by atoms with van der Waals surface area (Å²) in [6, 6.07) is 0. The van der Waals surface area contributed by atoms with Gasteiger partial charge in [0.15, 0.2) is 0 Å². The summed E-state index contributed by atoms with van der Waals surface area (Å²) in [6.07, 6.45) is 0.674. The first-order chi connectivity index (χ1) is 5.11. The summed E-state index contributed by atoms with van der Waals surface area (Å²) in [5.41, 5.74) is 0. The highest BCUT2D eigenvalue weighted by atomic mass is 16.4. The van der Waals surface area contributed by atoms with Crippen LogP contribution in [0.25, 0.3) is 0 Å². The van der Waals surface area contributed by atoms with E-state index in [9.17, 15) is 4.79 Å². The topological polar surface area (TPSA) is 66.6 Å². The zero-order valence-corrected chi connectivity index (χ0v) is 6.66. The van der Waals surface area contributed by atoms with E-state index >= 15 is 0 Å². The van der Waals surface area contributed by atoms with Crippen molar-refractivity contribution in [1.29, 1.82) is 0 Å². The number of rotatable bonds is 1. The van der Waals surface area contributed by atoms with Crippen molar-refractivity contribution < 1.29 is 9.90 Å². The predicted molar refractivity (Wildman–Crippen MR) is 40.7 cm³/mol. The van der Waals surface area contributed by atoms with E-state index < -0.39 is 5.97 Å². The lowest BCUT2D eigenvalue weighted by atomic mass is 9.88. The van der Waals surface area contributed by atoms with Crippen LogP contribution in [-0.2, 0) is 4.79 Å². The number of hydrogen-bond donors (Lipinski definition) is 2. The van der Waals surface area contributed by atoms with Gasteiger partial charge < -0.3 is 5.11 Å². The summed E-state index contributed by atoms with van der Waals surface area (Å²) < 4.78 is 0. The minimum atomic E-state index is -0.689. The molecule has 1 saturated heterocycles. The highest BCUT2D eigenvalue weighted by Gasteiger charge is 2.29. The maximum atomic E-state index is 10.6. The Balaban J connectivity index is 2.50. The quantitative estimate of drug-likeness (QED) is 0.523. The fourth-order valence-corrected chi connectivity index (χ4v) is 1.54. The summed E-state index contributed by atoms with van der Waals surface area (Å²) in [5.74, 6) is 4.81. The van der Waals surface area contributed by atoms with Gasteiger partial charge in [-0.3, -0.25) is 10.6 Å². The monoisotopic (exact) mass is 158 g/mol. The molecule has 1 aliphatic rings. The summed E-state index contributed by atoms with van der Waals surface area (Å²) in [5, 5.41) is 10.4. The molecule has 0 spiro atoms. The second-order valence-corrected chi connectivity index (χ2v) is 3.21. The second kappa shape index (κ2) is 3.19. The van der Waals surface area contributed by atoms with Crippen molar-refractivity contribution in [2.75, 3.05) is 13.1 Å². The first kappa shape index (κ1) is 8.49. The average molecular weight is 158 g/mol. The van der Waals surface area contributed by atoms with E-state index in [2.05, 4.69) is 0 Å².